The van der Waals surface area contributed by atoms with E-state index in [2.05, 4.69) is 0 Å². The molecule has 0 spiro atoms. The van der Waals surface area contributed by atoms with Crippen LogP contribution in [0.3, 0.4) is 0 Å². The zero-order chi connectivity index (χ0) is 23.7. The molecule has 2 heterocycles. The number of imide groups is 1. The van der Waals surface area contributed by atoms with Gasteiger partial charge in [-0.3, -0.25) is 34.7 Å². The first-order chi connectivity index (χ1) is 15.7. The molecule has 0 unspecified atom stereocenters. The predicted molar refractivity (Wildman–Crippen MR) is 120 cm³/mol. The summed E-state index contributed by atoms with van der Waals surface area (Å²) in [6.45, 7) is -0.250. The van der Waals surface area contributed by atoms with Crippen molar-refractivity contribution in [2.45, 2.75) is 6.54 Å². The fourth-order valence-electron chi connectivity index (χ4n) is 3.20. The Hall–Kier alpha value is -3.96. The van der Waals surface area contributed by atoms with Crippen LogP contribution in [0, 0.1) is 20.2 Å². The first kappa shape index (κ1) is 22.2. The fraction of sp³-hybridized carbons (Fsp3) is 0.0476. The molecular weight excluding hydrogens is 474 g/mol. The van der Waals surface area contributed by atoms with Gasteiger partial charge in [0, 0.05) is 28.8 Å². The minimum absolute atomic E-state index is 0.0603. The van der Waals surface area contributed by atoms with Gasteiger partial charge in [0.25, 0.3) is 22.5 Å². The zero-order valence-electron chi connectivity index (χ0n) is 16.5. The van der Waals surface area contributed by atoms with Gasteiger partial charge < -0.3 is 4.42 Å². The third-order valence-corrected chi connectivity index (χ3v) is 5.85. The maximum Gasteiger partial charge on any atom is 0.293 e. The molecule has 2 aromatic carbocycles. The van der Waals surface area contributed by atoms with E-state index in [1.807, 2.05) is 0 Å². The van der Waals surface area contributed by atoms with Gasteiger partial charge >= 0.3 is 0 Å². The van der Waals surface area contributed by atoms with E-state index in [1.165, 1.54) is 54.6 Å². The topological polar surface area (TPSA) is 137 Å². The molecule has 0 N–H and O–H groups in total. The van der Waals surface area contributed by atoms with Crippen LogP contribution in [0.2, 0.25) is 5.02 Å². The maximum atomic E-state index is 12.8. The lowest BCUT2D eigenvalue weighted by molar-refractivity contribution is -0.385. The number of benzene rings is 2. The minimum atomic E-state index is -0.626. The number of hydrogen-bond acceptors (Lipinski definition) is 8. The number of furan rings is 1. The summed E-state index contributed by atoms with van der Waals surface area (Å²) in [4.78, 5) is 47.5. The van der Waals surface area contributed by atoms with Gasteiger partial charge in [0.05, 0.1) is 26.9 Å². The molecule has 1 aromatic heterocycles. The molecule has 4 rings (SSSR count). The molecule has 0 radical (unpaired) electrons. The molecular formula is C21H12ClN3O7S. The van der Waals surface area contributed by atoms with E-state index in [-0.39, 0.29) is 50.5 Å². The monoisotopic (exact) mass is 485 g/mol. The Kier molecular flexibility index (Phi) is 5.99. The van der Waals surface area contributed by atoms with Gasteiger partial charge in [-0.1, -0.05) is 29.8 Å². The van der Waals surface area contributed by atoms with Gasteiger partial charge in [-0.2, -0.15) is 0 Å². The number of amides is 2. The lowest BCUT2D eigenvalue weighted by Gasteiger charge is -2.12. The number of rotatable bonds is 6. The number of nitro benzene ring substituents is 2. The van der Waals surface area contributed by atoms with Crippen LogP contribution >= 0.6 is 23.4 Å². The maximum absolute atomic E-state index is 12.8. The molecule has 2 amide bonds. The van der Waals surface area contributed by atoms with Gasteiger partial charge in [-0.05, 0) is 36.0 Å². The second-order valence-electron chi connectivity index (χ2n) is 6.77. The van der Waals surface area contributed by atoms with Crippen molar-refractivity contribution in [1.82, 2.24) is 4.90 Å². The van der Waals surface area contributed by atoms with Crippen molar-refractivity contribution < 1.29 is 23.9 Å². The molecule has 0 atom stereocenters. The van der Waals surface area contributed by atoms with Crippen molar-refractivity contribution in [3.05, 3.63) is 96.1 Å². The summed E-state index contributed by atoms with van der Waals surface area (Å²) in [5.74, 6) is -0.243. The molecule has 3 aromatic rings. The Balaban J connectivity index is 1.59. The smallest absolute Gasteiger partial charge is 0.293 e. The quantitative estimate of drug-likeness (QED) is 0.248. The summed E-state index contributed by atoms with van der Waals surface area (Å²) in [7, 11) is 0. The zero-order valence-corrected chi connectivity index (χ0v) is 18.0. The van der Waals surface area contributed by atoms with Gasteiger partial charge in [-0.15, -0.1) is 0 Å². The third kappa shape index (κ3) is 4.49. The highest BCUT2D eigenvalue weighted by atomic mass is 35.5. The summed E-state index contributed by atoms with van der Waals surface area (Å²) < 4.78 is 5.64. The Bertz CT molecular complexity index is 1350. The molecule has 1 aliphatic heterocycles. The first-order valence-electron chi connectivity index (χ1n) is 9.26. The highest BCUT2D eigenvalue weighted by Gasteiger charge is 2.36. The van der Waals surface area contributed by atoms with E-state index in [9.17, 15) is 29.8 Å². The predicted octanol–water partition coefficient (Wildman–Crippen LogP) is 5.65. The molecule has 12 heteroatoms. The SMILES string of the molecule is O=C1S/C(=C/c2ccc(-c3ccc(Cl)cc3[N+](=O)[O-])o2)C(=O)N1Cc1ccccc1[N+](=O)[O-]. The average Bonchev–Trinajstić information content (AvgIpc) is 3.34. The molecule has 1 aliphatic rings. The third-order valence-electron chi connectivity index (χ3n) is 4.71. The molecule has 0 bridgehead atoms. The number of para-hydroxylation sites is 1. The number of halogens is 1. The number of nitrogens with zero attached hydrogens (tertiary/aromatic N) is 3. The largest absolute Gasteiger partial charge is 0.456 e. The van der Waals surface area contributed by atoms with Gasteiger partial charge in [0.2, 0.25) is 0 Å². The van der Waals surface area contributed by atoms with Crippen molar-refractivity contribution >= 4 is 52.0 Å². The molecule has 0 saturated carbocycles. The van der Waals surface area contributed by atoms with Crippen LogP contribution in [-0.2, 0) is 11.3 Å². The standard InChI is InChI=1S/C21H12ClN3O7S/c22-13-5-7-15(17(9-13)25(30)31)18-8-6-14(32-18)10-19-20(26)23(21(27)33-19)11-12-3-1-2-4-16(12)24(28)29/h1-10H,11H2/b19-10+. The van der Waals surface area contributed by atoms with Gasteiger partial charge in [0.1, 0.15) is 11.5 Å². The van der Waals surface area contributed by atoms with Gasteiger partial charge in [-0.25, -0.2) is 0 Å². The Labute approximate surface area is 194 Å². The highest BCUT2D eigenvalue weighted by molar-refractivity contribution is 8.18. The number of carbonyl (C=O) groups excluding carboxylic acids is 2. The van der Waals surface area contributed by atoms with E-state index >= 15 is 0 Å². The minimum Gasteiger partial charge on any atom is -0.456 e. The van der Waals surface area contributed by atoms with E-state index in [0.717, 1.165) is 4.90 Å². The Morgan fingerprint density at radius 3 is 2.45 bits per heavy atom. The van der Waals surface area contributed by atoms with E-state index in [1.54, 1.807) is 6.07 Å². The van der Waals surface area contributed by atoms with Crippen molar-refractivity contribution in [3.63, 3.8) is 0 Å². The second kappa shape index (κ2) is 8.88. The van der Waals surface area contributed by atoms with Crippen LogP contribution in [0.5, 0.6) is 0 Å². The molecule has 1 fully saturated rings. The normalized spacial score (nSPS) is 14.8. The second-order valence-corrected chi connectivity index (χ2v) is 8.20. The van der Waals surface area contributed by atoms with Crippen LogP contribution in [-0.4, -0.2) is 25.9 Å². The number of carbonyl (C=O) groups is 2. The van der Waals surface area contributed by atoms with Crippen molar-refractivity contribution in [1.29, 1.82) is 0 Å². The van der Waals surface area contributed by atoms with Crippen molar-refractivity contribution in [2.24, 2.45) is 0 Å². The average molecular weight is 486 g/mol. The first-order valence-corrected chi connectivity index (χ1v) is 10.5. The van der Waals surface area contributed by atoms with E-state index in [4.69, 9.17) is 16.0 Å². The summed E-state index contributed by atoms with van der Waals surface area (Å²) in [6, 6.07) is 13.0. The molecule has 33 heavy (non-hydrogen) atoms. The fourth-order valence-corrected chi connectivity index (χ4v) is 4.18. The lowest BCUT2D eigenvalue weighted by atomic mass is 10.1. The van der Waals surface area contributed by atoms with Gasteiger partial charge in [0.15, 0.2) is 0 Å². The number of hydrogen-bond donors (Lipinski definition) is 0. The summed E-state index contributed by atoms with van der Waals surface area (Å²) in [6.07, 6.45) is 1.34. The summed E-state index contributed by atoms with van der Waals surface area (Å²) >= 11 is 6.50. The van der Waals surface area contributed by atoms with Crippen LogP contribution in [0.1, 0.15) is 11.3 Å². The van der Waals surface area contributed by atoms with Crippen LogP contribution < -0.4 is 0 Å². The lowest BCUT2D eigenvalue weighted by Crippen LogP contribution is -2.27. The number of thioether (sulfide) groups is 1. The molecule has 166 valence electrons. The van der Waals surface area contributed by atoms with Crippen LogP contribution in [0.25, 0.3) is 17.4 Å². The van der Waals surface area contributed by atoms with Crippen molar-refractivity contribution in [2.75, 3.05) is 0 Å². The molecule has 0 aliphatic carbocycles. The Morgan fingerprint density at radius 1 is 1.00 bits per heavy atom. The molecule has 10 nitrogen and oxygen atoms in total. The number of nitro groups is 2. The summed E-state index contributed by atoms with van der Waals surface area (Å²) in [5.41, 5.74) is -0.0103. The summed E-state index contributed by atoms with van der Waals surface area (Å²) in [5, 5.41) is 22.2. The van der Waals surface area contributed by atoms with Crippen LogP contribution in [0.4, 0.5) is 16.2 Å². The van der Waals surface area contributed by atoms with E-state index in [0.29, 0.717) is 11.8 Å². The highest BCUT2D eigenvalue weighted by Crippen LogP contribution is 2.37. The molecule has 1 saturated heterocycles. The van der Waals surface area contributed by atoms with Crippen molar-refractivity contribution in [3.8, 4) is 11.3 Å². The van der Waals surface area contributed by atoms with Crippen LogP contribution in [0.15, 0.2) is 63.9 Å². The van der Waals surface area contributed by atoms with E-state index < -0.39 is 21.0 Å². The Morgan fingerprint density at radius 2 is 1.73 bits per heavy atom.